The fraction of sp³-hybridized carbons (Fsp3) is 0.667. The van der Waals surface area contributed by atoms with Crippen LogP contribution in [0.1, 0.15) is 6.42 Å². The normalized spacial score (nSPS) is 9.89. The third kappa shape index (κ3) is 7.38. The van der Waals surface area contributed by atoms with Crippen molar-refractivity contribution in [2.24, 2.45) is 0 Å². The van der Waals surface area contributed by atoms with Crippen molar-refractivity contribution in [2.75, 3.05) is 6.54 Å². The van der Waals surface area contributed by atoms with Crippen molar-refractivity contribution in [3.05, 3.63) is 0 Å². The predicted molar refractivity (Wildman–Crippen MR) is 30.6 cm³/mol. The summed E-state index contributed by atoms with van der Waals surface area (Å²) in [4.78, 5) is 9.74. The van der Waals surface area contributed by atoms with Gasteiger partial charge in [0.25, 0.3) is 0 Å². The van der Waals surface area contributed by atoms with E-state index in [0.717, 1.165) is 0 Å². The molecule has 0 rings (SSSR count). The summed E-state index contributed by atoms with van der Waals surface area (Å²) >= 11 is 0. The minimum atomic E-state index is -2.64. The van der Waals surface area contributed by atoms with Gasteiger partial charge in [-0.25, -0.2) is 13.1 Å². The summed E-state index contributed by atoms with van der Waals surface area (Å²) in [7, 11) is -2.64. The van der Waals surface area contributed by atoms with Gasteiger partial charge < -0.3 is 5.11 Å². The molecule has 0 bridgehead atoms. The number of carbonyl (C=O) groups is 1. The Labute approximate surface area is 53.8 Å². The Balaban J connectivity index is 3.21. The molecule has 6 heteroatoms. The van der Waals surface area contributed by atoms with Crippen LogP contribution in [0.25, 0.3) is 0 Å². The molecule has 0 aliphatic heterocycles. The zero-order valence-corrected chi connectivity index (χ0v) is 5.43. The molecule has 54 valence electrons. The molecule has 0 atom stereocenters. The first-order chi connectivity index (χ1) is 4.13. The molecule has 0 spiro atoms. The fourth-order valence-corrected chi connectivity index (χ4v) is 0.548. The van der Waals surface area contributed by atoms with Crippen LogP contribution in [-0.4, -0.2) is 26.0 Å². The molecule has 2 N–H and O–H groups in total. The maximum Gasteiger partial charge on any atom is 0.304 e. The SMILES string of the molecule is O=C(O)CCN[SH](=O)=O. The minimum absolute atomic E-state index is 0.0337. The fourth-order valence-electron chi connectivity index (χ4n) is 0.254. The first-order valence-electron chi connectivity index (χ1n) is 2.22. The molecule has 0 saturated heterocycles. The van der Waals surface area contributed by atoms with E-state index in [1.165, 1.54) is 0 Å². The Bertz CT molecular complexity index is 155. The van der Waals surface area contributed by atoms with E-state index in [4.69, 9.17) is 5.11 Å². The number of aliphatic carboxylic acids is 1. The van der Waals surface area contributed by atoms with E-state index < -0.39 is 16.9 Å². The Hall–Kier alpha value is -0.620. The zero-order valence-electron chi connectivity index (χ0n) is 4.53. The van der Waals surface area contributed by atoms with Gasteiger partial charge in [0.1, 0.15) is 0 Å². The number of carboxylic acids is 1. The van der Waals surface area contributed by atoms with E-state index in [1.54, 1.807) is 0 Å². The summed E-state index contributed by atoms with van der Waals surface area (Å²) in [5, 5.41) is 7.99. The van der Waals surface area contributed by atoms with Gasteiger partial charge in [0.05, 0.1) is 6.42 Å². The highest BCUT2D eigenvalue weighted by Crippen LogP contribution is 1.72. The topological polar surface area (TPSA) is 83.5 Å². The average Bonchev–Trinajstić information content (AvgIpc) is 1.63. The van der Waals surface area contributed by atoms with Crippen LogP contribution in [0.3, 0.4) is 0 Å². The van der Waals surface area contributed by atoms with Crippen LogP contribution >= 0.6 is 0 Å². The molecule has 0 aliphatic carbocycles. The highest BCUT2D eigenvalue weighted by atomic mass is 32.2. The van der Waals surface area contributed by atoms with Crippen molar-refractivity contribution < 1.29 is 18.3 Å². The monoisotopic (exact) mass is 153 g/mol. The lowest BCUT2D eigenvalue weighted by Gasteiger charge is -1.89. The largest absolute Gasteiger partial charge is 0.481 e. The van der Waals surface area contributed by atoms with E-state index in [0.29, 0.717) is 0 Å². The van der Waals surface area contributed by atoms with Crippen molar-refractivity contribution in [2.45, 2.75) is 6.42 Å². The number of hydrogen-bond acceptors (Lipinski definition) is 3. The second kappa shape index (κ2) is 4.28. The average molecular weight is 153 g/mol. The number of rotatable bonds is 4. The van der Waals surface area contributed by atoms with Gasteiger partial charge in [-0.3, -0.25) is 4.79 Å². The quantitative estimate of drug-likeness (QED) is 0.433. The van der Waals surface area contributed by atoms with Crippen LogP contribution in [-0.2, 0) is 15.7 Å². The molecule has 0 fully saturated rings. The van der Waals surface area contributed by atoms with Crippen LogP contribution in [0.15, 0.2) is 0 Å². The van der Waals surface area contributed by atoms with Crippen molar-refractivity contribution in [1.29, 1.82) is 0 Å². The van der Waals surface area contributed by atoms with Crippen LogP contribution in [0, 0.1) is 0 Å². The number of thiol groups is 1. The van der Waals surface area contributed by atoms with Crippen LogP contribution in [0.2, 0.25) is 0 Å². The van der Waals surface area contributed by atoms with E-state index >= 15 is 0 Å². The standard InChI is InChI=1S/C3H7NO4S/c5-3(6)1-2-4-9(7)8/h9H,1-2H2,(H,5,6)(H,4,7,8). The summed E-state index contributed by atoms with van der Waals surface area (Å²) in [5.41, 5.74) is 0. The molecule has 0 unspecified atom stereocenters. The van der Waals surface area contributed by atoms with Crippen molar-refractivity contribution in [1.82, 2.24) is 4.72 Å². The zero-order chi connectivity index (χ0) is 7.28. The minimum Gasteiger partial charge on any atom is -0.481 e. The van der Waals surface area contributed by atoms with Crippen molar-refractivity contribution >= 4 is 16.9 Å². The van der Waals surface area contributed by atoms with Gasteiger partial charge in [-0.15, -0.1) is 0 Å². The summed E-state index contributed by atoms with van der Waals surface area (Å²) in [6.45, 7) is -0.0337. The molecule has 0 heterocycles. The van der Waals surface area contributed by atoms with Gasteiger partial charge in [0.15, 0.2) is 0 Å². The highest BCUT2D eigenvalue weighted by molar-refractivity contribution is 7.70. The molecule has 0 amide bonds. The Morgan fingerprint density at radius 1 is 1.56 bits per heavy atom. The van der Waals surface area contributed by atoms with Gasteiger partial charge in [0.2, 0.25) is 10.9 Å². The van der Waals surface area contributed by atoms with Crippen molar-refractivity contribution in [3.63, 3.8) is 0 Å². The summed E-state index contributed by atoms with van der Waals surface area (Å²) in [6, 6.07) is 0. The number of carboxylic acid groups (broad SMARTS) is 1. The highest BCUT2D eigenvalue weighted by Gasteiger charge is 1.93. The first kappa shape index (κ1) is 8.38. The van der Waals surface area contributed by atoms with E-state index in [2.05, 4.69) is 0 Å². The van der Waals surface area contributed by atoms with E-state index in [-0.39, 0.29) is 13.0 Å². The Kier molecular flexibility index (Phi) is 3.98. The molecule has 9 heavy (non-hydrogen) atoms. The van der Waals surface area contributed by atoms with Crippen molar-refractivity contribution in [3.8, 4) is 0 Å². The van der Waals surface area contributed by atoms with Gasteiger partial charge >= 0.3 is 5.97 Å². The van der Waals surface area contributed by atoms with Crippen LogP contribution in [0.5, 0.6) is 0 Å². The molecule has 0 aromatic rings. The summed E-state index contributed by atoms with van der Waals surface area (Å²) in [5.74, 6) is -1.01. The van der Waals surface area contributed by atoms with Crippen LogP contribution in [0.4, 0.5) is 0 Å². The molecular formula is C3H7NO4S. The predicted octanol–water partition coefficient (Wildman–Crippen LogP) is -1.42. The molecule has 5 nitrogen and oxygen atoms in total. The third-order valence-electron chi connectivity index (χ3n) is 0.580. The molecule has 0 aliphatic rings. The third-order valence-corrected chi connectivity index (χ3v) is 1.06. The molecular weight excluding hydrogens is 146 g/mol. The van der Waals surface area contributed by atoms with Crippen LogP contribution < -0.4 is 4.72 Å². The van der Waals surface area contributed by atoms with E-state index in [9.17, 15) is 13.2 Å². The van der Waals surface area contributed by atoms with Gasteiger partial charge in [-0.2, -0.15) is 0 Å². The van der Waals surface area contributed by atoms with Gasteiger partial charge in [0, 0.05) is 6.54 Å². The van der Waals surface area contributed by atoms with Gasteiger partial charge in [-0.1, -0.05) is 0 Å². The lowest BCUT2D eigenvalue weighted by Crippen LogP contribution is -2.15. The van der Waals surface area contributed by atoms with Gasteiger partial charge in [-0.05, 0) is 0 Å². The Morgan fingerprint density at radius 2 is 2.11 bits per heavy atom. The summed E-state index contributed by atoms with van der Waals surface area (Å²) < 4.78 is 21.4. The second-order valence-corrected chi connectivity index (χ2v) is 2.14. The molecule has 0 saturated carbocycles. The lowest BCUT2D eigenvalue weighted by molar-refractivity contribution is -0.136. The Morgan fingerprint density at radius 3 is 2.44 bits per heavy atom. The maximum absolute atomic E-state index is 9.74. The number of nitrogens with one attached hydrogen (secondary N) is 1. The number of hydrogen-bond donors (Lipinski definition) is 3. The summed E-state index contributed by atoms with van der Waals surface area (Å²) in [6.07, 6.45) is -0.177. The second-order valence-electron chi connectivity index (χ2n) is 1.31. The molecule has 0 aromatic heterocycles. The van der Waals surface area contributed by atoms with E-state index in [1.807, 2.05) is 4.72 Å². The molecule has 0 radical (unpaired) electrons. The maximum atomic E-state index is 9.74. The first-order valence-corrected chi connectivity index (χ1v) is 3.40. The molecule has 0 aromatic carbocycles. The lowest BCUT2D eigenvalue weighted by atomic mass is 10.5. The smallest absolute Gasteiger partial charge is 0.304 e.